The van der Waals surface area contributed by atoms with E-state index in [0.29, 0.717) is 33.9 Å². The molecule has 150 valence electrons. The lowest BCUT2D eigenvalue weighted by atomic mass is 10.2. The van der Waals surface area contributed by atoms with E-state index in [-0.39, 0.29) is 22.9 Å². The van der Waals surface area contributed by atoms with Crippen molar-refractivity contribution in [2.75, 3.05) is 11.1 Å². The Kier molecular flexibility index (Phi) is 6.33. The van der Waals surface area contributed by atoms with Gasteiger partial charge in [0.25, 0.3) is 11.2 Å². The van der Waals surface area contributed by atoms with Crippen molar-refractivity contribution in [3.05, 3.63) is 66.9 Å². The van der Waals surface area contributed by atoms with Crippen molar-refractivity contribution in [3.8, 4) is 0 Å². The number of benzene rings is 2. The van der Waals surface area contributed by atoms with Crippen LogP contribution in [-0.4, -0.2) is 26.1 Å². The maximum Gasteiger partial charge on any atom is 0.271 e. The standard InChI is InChI=1S/C19H17BrN4O4S/c1-3-23-18(26)14-8-12(20)5-7-15(14)22-19(23)29-10-17(25)21-16-9-13(24(27)28)6-4-11(16)2/h4-9H,3,10H2,1-2H3,(H,21,25). The third-order valence-corrected chi connectivity index (χ3v) is 5.71. The van der Waals surface area contributed by atoms with Crippen molar-refractivity contribution >= 4 is 55.9 Å². The number of amides is 1. The van der Waals surface area contributed by atoms with Gasteiger partial charge in [-0.3, -0.25) is 24.3 Å². The summed E-state index contributed by atoms with van der Waals surface area (Å²) in [6.07, 6.45) is 0. The number of carbonyl (C=O) groups is 1. The van der Waals surface area contributed by atoms with Gasteiger partial charge in [0.05, 0.1) is 27.3 Å². The lowest BCUT2D eigenvalue weighted by molar-refractivity contribution is -0.384. The summed E-state index contributed by atoms with van der Waals surface area (Å²) >= 11 is 4.50. The summed E-state index contributed by atoms with van der Waals surface area (Å²) in [5.74, 6) is -0.331. The van der Waals surface area contributed by atoms with Crippen LogP contribution >= 0.6 is 27.7 Å². The number of rotatable bonds is 6. The van der Waals surface area contributed by atoms with Crippen LogP contribution in [0.4, 0.5) is 11.4 Å². The highest BCUT2D eigenvalue weighted by Crippen LogP contribution is 2.23. The molecule has 0 bridgehead atoms. The summed E-state index contributed by atoms with van der Waals surface area (Å²) in [5, 5.41) is 14.6. The molecule has 0 saturated heterocycles. The molecular formula is C19H17BrN4O4S. The average Bonchev–Trinajstić information content (AvgIpc) is 2.68. The van der Waals surface area contributed by atoms with Crippen molar-refractivity contribution in [1.29, 1.82) is 0 Å². The second-order valence-electron chi connectivity index (χ2n) is 6.20. The number of carbonyl (C=O) groups excluding carboxylic acids is 1. The number of nitro benzene ring substituents is 1. The largest absolute Gasteiger partial charge is 0.325 e. The topological polar surface area (TPSA) is 107 Å². The number of non-ortho nitro benzene ring substituents is 1. The zero-order valence-corrected chi connectivity index (χ0v) is 18.0. The maximum absolute atomic E-state index is 12.7. The Morgan fingerprint density at radius 1 is 1.31 bits per heavy atom. The molecule has 10 heteroatoms. The monoisotopic (exact) mass is 476 g/mol. The van der Waals surface area contributed by atoms with Crippen LogP contribution in [0.25, 0.3) is 10.9 Å². The molecule has 0 aliphatic rings. The smallest absolute Gasteiger partial charge is 0.271 e. The van der Waals surface area contributed by atoms with Crippen LogP contribution in [0.15, 0.2) is 50.8 Å². The van der Waals surface area contributed by atoms with E-state index in [0.717, 1.165) is 16.2 Å². The van der Waals surface area contributed by atoms with E-state index in [2.05, 4.69) is 26.2 Å². The molecule has 1 amide bonds. The number of halogens is 1. The first-order valence-electron chi connectivity index (χ1n) is 8.68. The summed E-state index contributed by atoms with van der Waals surface area (Å²) in [7, 11) is 0. The van der Waals surface area contributed by atoms with Gasteiger partial charge in [0, 0.05) is 23.2 Å². The fraction of sp³-hybridized carbons (Fsp3) is 0.211. The summed E-state index contributed by atoms with van der Waals surface area (Å²) in [4.78, 5) is 40.1. The van der Waals surface area contributed by atoms with Crippen LogP contribution in [0.2, 0.25) is 0 Å². The Morgan fingerprint density at radius 2 is 2.07 bits per heavy atom. The molecule has 0 spiro atoms. The fourth-order valence-electron chi connectivity index (χ4n) is 2.74. The van der Waals surface area contributed by atoms with Crippen LogP contribution in [0.1, 0.15) is 12.5 Å². The Morgan fingerprint density at radius 3 is 2.76 bits per heavy atom. The van der Waals surface area contributed by atoms with Crippen molar-refractivity contribution in [2.45, 2.75) is 25.5 Å². The molecule has 0 aliphatic heterocycles. The summed E-state index contributed by atoms with van der Waals surface area (Å²) in [6.45, 7) is 4.01. The second-order valence-corrected chi connectivity index (χ2v) is 8.06. The maximum atomic E-state index is 12.7. The van der Waals surface area contributed by atoms with Gasteiger partial charge in [-0.05, 0) is 37.6 Å². The molecule has 3 rings (SSSR count). The molecule has 0 atom stereocenters. The van der Waals surface area contributed by atoms with Crippen LogP contribution in [0.3, 0.4) is 0 Å². The Labute approximate surface area is 178 Å². The zero-order valence-electron chi connectivity index (χ0n) is 15.6. The van der Waals surface area contributed by atoms with Crippen LogP contribution in [0, 0.1) is 17.0 Å². The fourth-order valence-corrected chi connectivity index (χ4v) is 3.96. The van der Waals surface area contributed by atoms with Crippen molar-refractivity contribution < 1.29 is 9.72 Å². The number of hydrogen-bond acceptors (Lipinski definition) is 6. The molecule has 2 aromatic carbocycles. The molecule has 1 aromatic heterocycles. The quantitative estimate of drug-likeness (QED) is 0.248. The number of nitro groups is 1. The van der Waals surface area contributed by atoms with Crippen LogP contribution < -0.4 is 10.9 Å². The third-order valence-electron chi connectivity index (χ3n) is 4.24. The SMILES string of the molecule is CCn1c(SCC(=O)Nc2cc([N+](=O)[O-])ccc2C)nc2ccc(Br)cc2c1=O. The molecule has 1 heterocycles. The highest BCUT2D eigenvalue weighted by Gasteiger charge is 2.15. The lowest BCUT2D eigenvalue weighted by Gasteiger charge is -2.12. The van der Waals surface area contributed by atoms with E-state index in [1.165, 1.54) is 16.7 Å². The van der Waals surface area contributed by atoms with Crippen molar-refractivity contribution in [1.82, 2.24) is 9.55 Å². The summed E-state index contributed by atoms with van der Waals surface area (Å²) in [5.41, 5.74) is 1.39. The summed E-state index contributed by atoms with van der Waals surface area (Å²) in [6, 6.07) is 9.57. The highest BCUT2D eigenvalue weighted by atomic mass is 79.9. The van der Waals surface area contributed by atoms with Crippen molar-refractivity contribution in [3.63, 3.8) is 0 Å². The Bertz CT molecular complexity index is 1180. The van der Waals surface area contributed by atoms with Gasteiger partial charge in [-0.15, -0.1) is 0 Å². The Balaban J connectivity index is 1.81. The normalized spacial score (nSPS) is 10.9. The molecule has 0 aliphatic carbocycles. The summed E-state index contributed by atoms with van der Waals surface area (Å²) < 4.78 is 2.31. The average molecular weight is 477 g/mol. The van der Waals surface area contributed by atoms with Gasteiger partial charge in [-0.25, -0.2) is 4.98 Å². The predicted molar refractivity (Wildman–Crippen MR) is 117 cm³/mol. The number of nitrogens with zero attached hydrogens (tertiary/aromatic N) is 3. The van der Waals surface area contributed by atoms with Gasteiger partial charge >= 0.3 is 0 Å². The predicted octanol–water partition coefficient (Wildman–Crippen LogP) is 4.13. The van der Waals surface area contributed by atoms with E-state index < -0.39 is 4.92 Å². The number of aromatic nitrogens is 2. The molecule has 0 radical (unpaired) electrons. The zero-order chi connectivity index (χ0) is 21.1. The minimum Gasteiger partial charge on any atom is -0.325 e. The molecule has 0 unspecified atom stereocenters. The van der Waals surface area contributed by atoms with Gasteiger partial charge in [0.1, 0.15) is 0 Å². The lowest BCUT2D eigenvalue weighted by Crippen LogP contribution is -2.23. The second kappa shape index (κ2) is 8.75. The number of thioether (sulfide) groups is 1. The van der Waals surface area contributed by atoms with E-state index >= 15 is 0 Å². The van der Waals surface area contributed by atoms with Gasteiger partial charge in [0.2, 0.25) is 5.91 Å². The van der Waals surface area contributed by atoms with Gasteiger partial charge in [0.15, 0.2) is 5.16 Å². The molecule has 1 N–H and O–H groups in total. The minimum absolute atomic E-state index is 0.0105. The van der Waals surface area contributed by atoms with E-state index in [1.807, 2.05) is 6.92 Å². The highest BCUT2D eigenvalue weighted by molar-refractivity contribution is 9.10. The minimum atomic E-state index is -0.513. The number of aryl methyl sites for hydroxylation is 1. The molecule has 0 fully saturated rings. The first-order valence-corrected chi connectivity index (χ1v) is 10.5. The van der Waals surface area contributed by atoms with E-state index in [4.69, 9.17) is 0 Å². The molecular weight excluding hydrogens is 460 g/mol. The van der Waals surface area contributed by atoms with Crippen LogP contribution in [-0.2, 0) is 11.3 Å². The molecule has 3 aromatic rings. The number of nitrogens with one attached hydrogen (secondary N) is 1. The van der Waals surface area contributed by atoms with Crippen molar-refractivity contribution in [2.24, 2.45) is 0 Å². The van der Waals surface area contributed by atoms with Gasteiger partial charge < -0.3 is 5.32 Å². The molecule has 29 heavy (non-hydrogen) atoms. The molecule has 8 nitrogen and oxygen atoms in total. The number of hydrogen-bond donors (Lipinski definition) is 1. The Hall–Kier alpha value is -2.72. The van der Waals surface area contributed by atoms with Crippen LogP contribution in [0.5, 0.6) is 0 Å². The number of anilines is 1. The first-order chi connectivity index (χ1) is 13.8. The first kappa shape index (κ1) is 21.0. The molecule has 0 saturated carbocycles. The van der Waals surface area contributed by atoms with E-state index in [1.54, 1.807) is 31.2 Å². The number of fused-ring (bicyclic) bond motifs is 1. The van der Waals surface area contributed by atoms with E-state index in [9.17, 15) is 19.7 Å². The van der Waals surface area contributed by atoms with Gasteiger partial charge in [-0.1, -0.05) is 33.8 Å². The third kappa shape index (κ3) is 4.65. The van der Waals surface area contributed by atoms with Gasteiger partial charge in [-0.2, -0.15) is 0 Å².